The minimum Gasteiger partial charge on any atom is -0.493 e. The van der Waals surface area contributed by atoms with Crippen LogP contribution in [0.4, 0.5) is 0 Å². The van der Waals surface area contributed by atoms with Crippen molar-refractivity contribution in [1.29, 1.82) is 0 Å². The fourth-order valence-electron chi connectivity index (χ4n) is 6.23. The molecule has 2 amide bonds. The maximum atomic E-state index is 13.8. The minimum absolute atomic E-state index is 0.0786. The number of rotatable bonds is 19. The highest BCUT2D eigenvalue weighted by Gasteiger charge is 2.43. The molecule has 1 saturated heterocycles. The van der Waals surface area contributed by atoms with Crippen LogP contribution in [0.2, 0.25) is 0 Å². The van der Waals surface area contributed by atoms with E-state index in [0.717, 1.165) is 73.1 Å². The van der Waals surface area contributed by atoms with Crippen LogP contribution in [-0.4, -0.2) is 68.3 Å². The van der Waals surface area contributed by atoms with Crippen LogP contribution >= 0.6 is 11.3 Å². The molecule has 2 aromatic heterocycles. The van der Waals surface area contributed by atoms with E-state index in [1.54, 1.807) is 24.3 Å². The van der Waals surface area contributed by atoms with Gasteiger partial charge in [0, 0.05) is 37.6 Å². The van der Waals surface area contributed by atoms with Crippen molar-refractivity contribution in [3.05, 3.63) is 52.5 Å². The van der Waals surface area contributed by atoms with Gasteiger partial charge in [0.1, 0.15) is 23.5 Å². The molecule has 0 radical (unpaired) electrons. The molecule has 1 aromatic carbocycles. The summed E-state index contributed by atoms with van der Waals surface area (Å²) in [5.74, 6) is -0.870. The van der Waals surface area contributed by atoms with Crippen LogP contribution in [0, 0.1) is 19.8 Å². The van der Waals surface area contributed by atoms with E-state index in [-0.39, 0.29) is 43.7 Å². The van der Waals surface area contributed by atoms with Gasteiger partial charge in [0.15, 0.2) is 0 Å². The largest absolute Gasteiger partial charge is 0.493 e. The van der Waals surface area contributed by atoms with Gasteiger partial charge < -0.3 is 29.7 Å². The number of β-amino-alcohol motifs (C(OH)–C–C–N with tert-alkyl or cyclic N) is 1. The standard InChI is InChI=1S/C36H50N4O7S/c1-23(2)33(31-17-24(3)39-47-31)36(45)40-21-28(41)19-29(40)35(44)37-20-27-15-14-26(34-25(4)38-22-48-34)18-30(27)46-16-12-10-8-6-5-7-9-11-13-32(42)43/h14-15,17-18,22-23,28-29,33,41H,5-13,16,19-21H2,1-4H3,(H,37,44)(H,42,43)/t28-,29+,33?/m1/s1. The normalized spacial score (nSPS) is 16.8. The molecular formula is C36H50N4O7S. The number of unbranched alkanes of at least 4 members (excludes halogenated alkanes) is 7. The van der Waals surface area contributed by atoms with Crippen molar-refractivity contribution >= 4 is 29.1 Å². The number of aliphatic carboxylic acids is 1. The molecule has 3 atom stereocenters. The van der Waals surface area contributed by atoms with Gasteiger partial charge in [0.2, 0.25) is 11.8 Å². The van der Waals surface area contributed by atoms with Gasteiger partial charge in [0.25, 0.3) is 0 Å². The van der Waals surface area contributed by atoms with Gasteiger partial charge in [-0.2, -0.15) is 0 Å². The van der Waals surface area contributed by atoms with Gasteiger partial charge in [-0.3, -0.25) is 14.4 Å². The zero-order valence-corrected chi connectivity index (χ0v) is 29.4. The lowest BCUT2D eigenvalue weighted by molar-refractivity contribution is -0.141. The van der Waals surface area contributed by atoms with Gasteiger partial charge in [-0.25, -0.2) is 4.98 Å². The molecule has 262 valence electrons. The number of carbonyl (C=O) groups is 3. The molecule has 1 aliphatic rings. The average Bonchev–Trinajstić information content (AvgIpc) is 3.78. The lowest BCUT2D eigenvalue weighted by Crippen LogP contribution is -2.48. The number of aryl methyl sites for hydroxylation is 2. The summed E-state index contributed by atoms with van der Waals surface area (Å²) >= 11 is 1.57. The second kappa shape index (κ2) is 18.1. The van der Waals surface area contributed by atoms with E-state index >= 15 is 0 Å². The lowest BCUT2D eigenvalue weighted by Gasteiger charge is -2.28. The molecule has 11 nitrogen and oxygen atoms in total. The van der Waals surface area contributed by atoms with Gasteiger partial charge in [0.05, 0.1) is 34.5 Å². The highest BCUT2D eigenvalue weighted by atomic mass is 32.1. The molecule has 12 heteroatoms. The maximum absolute atomic E-state index is 13.8. The predicted molar refractivity (Wildman–Crippen MR) is 184 cm³/mol. The van der Waals surface area contributed by atoms with E-state index in [0.29, 0.717) is 23.8 Å². The van der Waals surface area contributed by atoms with Crippen LogP contribution in [0.5, 0.6) is 5.75 Å². The van der Waals surface area contributed by atoms with Gasteiger partial charge in [-0.1, -0.05) is 69.7 Å². The molecule has 3 N–H and O–H groups in total. The summed E-state index contributed by atoms with van der Waals surface area (Å²) in [4.78, 5) is 44.9. The second-order valence-electron chi connectivity index (χ2n) is 13.1. The fraction of sp³-hybridized carbons (Fsp3) is 0.583. The van der Waals surface area contributed by atoms with Crippen molar-refractivity contribution in [3.63, 3.8) is 0 Å². The Morgan fingerprint density at radius 3 is 2.40 bits per heavy atom. The van der Waals surface area contributed by atoms with Crippen molar-refractivity contribution in [2.45, 2.75) is 117 Å². The molecule has 3 heterocycles. The fourth-order valence-corrected chi connectivity index (χ4v) is 7.03. The number of amides is 2. The maximum Gasteiger partial charge on any atom is 0.303 e. The van der Waals surface area contributed by atoms with E-state index in [4.69, 9.17) is 14.4 Å². The highest BCUT2D eigenvalue weighted by Crippen LogP contribution is 2.33. The first kappa shape index (κ1) is 37.1. The number of nitrogens with zero attached hydrogens (tertiary/aromatic N) is 3. The molecule has 3 aromatic rings. The number of hydrogen-bond acceptors (Lipinski definition) is 9. The number of aromatic nitrogens is 2. The zero-order valence-electron chi connectivity index (χ0n) is 28.6. The smallest absolute Gasteiger partial charge is 0.303 e. The molecular weight excluding hydrogens is 632 g/mol. The molecule has 0 spiro atoms. The highest BCUT2D eigenvalue weighted by molar-refractivity contribution is 7.13. The molecule has 4 rings (SSSR count). The Kier molecular flexibility index (Phi) is 14.0. The summed E-state index contributed by atoms with van der Waals surface area (Å²) in [6, 6.07) is 6.91. The number of ether oxygens (including phenoxy) is 1. The lowest BCUT2D eigenvalue weighted by atomic mass is 9.91. The Morgan fingerprint density at radius 1 is 1.06 bits per heavy atom. The van der Waals surface area contributed by atoms with Gasteiger partial charge in [-0.15, -0.1) is 11.3 Å². The SMILES string of the molecule is Cc1cc(C(C(=O)N2C[C@H](O)C[C@H]2C(=O)NCc2ccc(-c3scnc3C)cc2OCCCCCCCCCCC(=O)O)C(C)C)on1. The number of aliphatic hydroxyl groups is 1. The van der Waals surface area contributed by atoms with Crippen molar-refractivity contribution in [2.75, 3.05) is 13.2 Å². The Bertz CT molecular complexity index is 1500. The molecule has 1 aliphatic heterocycles. The number of nitrogens with one attached hydrogen (secondary N) is 1. The third-order valence-electron chi connectivity index (χ3n) is 8.82. The van der Waals surface area contributed by atoms with Crippen LogP contribution in [0.25, 0.3) is 10.4 Å². The third kappa shape index (κ3) is 10.4. The van der Waals surface area contributed by atoms with Crippen LogP contribution < -0.4 is 10.1 Å². The number of carboxylic acid groups (broad SMARTS) is 1. The number of carboxylic acids is 1. The van der Waals surface area contributed by atoms with E-state index < -0.39 is 24.0 Å². The van der Waals surface area contributed by atoms with Crippen LogP contribution in [0.3, 0.4) is 0 Å². The van der Waals surface area contributed by atoms with Crippen molar-refractivity contribution < 1.29 is 33.9 Å². The van der Waals surface area contributed by atoms with Crippen molar-refractivity contribution in [2.24, 2.45) is 5.92 Å². The first-order chi connectivity index (χ1) is 23.0. The summed E-state index contributed by atoms with van der Waals surface area (Å²) in [6.45, 7) is 8.45. The number of hydrogen-bond donors (Lipinski definition) is 3. The van der Waals surface area contributed by atoms with E-state index in [9.17, 15) is 19.5 Å². The summed E-state index contributed by atoms with van der Waals surface area (Å²) in [5.41, 5.74) is 5.27. The van der Waals surface area contributed by atoms with Crippen LogP contribution in [-0.2, 0) is 20.9 Å². The number of likely N-dealkylation sites (tertiary alicyclic amines) is 1. The molecule has 0 bridgehead atoms. The molecule has 1 unspecified atom stereocenters. The van der Waals surface area contributed by atoms with Crippen molar-refractivity contribution in [1.82, 2.24) is 20.4 Å². The van der Waals surface area contributed by atoms with E-state index in [2.05, 4.69) is 15.5 Å². The number of benzene rings is 1. The monoisotopic (exact) mass is 682 g/mol. The Balaban J connectivity index is 1.36. The minimum atomic E-state index is -0.807. The second-order valence-corrected chi connectivity index (χ2v) is 14.0. The van der Waals surface area contributed by atoms with Crippen LogP contribution in [0.15, 0.2) is 34.3 Å². The Morgan fingerprint density at radius 2 is 1.77 bits per heavy atom. The summed E-state index contributed by atoms with van der Waals surface area (Å²) < 4.78 is 11.7. The van der Waals surface area contributed by atoms with E-state index in [1.165, 1.54) is 4.90 Å². The Labute approximate surface area is 287 Å². The predicted octanol–water partition coefficient (Wildman–Crippen LogP) is 6.41. The first-order valence-electron chi connectivity index (χ1n) is 17.1. The van der Waals surface area contributed by atoms with E-state index in [1.807, 2.05) is 44.5 Å². The first-order valence-corrected chi connectivity index (χ1v) is 18.0. The molecule has 1 fully saturated rings. The summed E-state index contributed by atoms with van der Waals surface area (Å²) in [6.07, 6.45) is 7.64. The quantitative estimate of drug-likeness (QED) is 0.122. The molecule has 0 aliphatic carbocycles. The van der Waals surface area contributed by atoms with Gasteiger partial charge >= 0.3 is 5.97 Å². The zero-order chi connectivity index (χ0) is 34.6. The van der Waals surface area contributed by atoms with Crippen LogP contribution in [0.1, 0.15) is 107 Å². The number of carbonyl (C=O) groups excluding carboxylic acids is 2. The topological polar surface area (TPSA) is 155 Å². The number of thiazole rings is 1. The molecule has 48 heavy (non-hydrogen) atoms. The third-order valence-corrected chi connectivity index (χ3v) is 9.80. The Hall–Kier alpha value is -3.77. The summed E-state index contributed by atoms with van der Waals surface area (Å²) in [7, 11) is 0. The molecule has 0 saturated carbocycles. The number of aliphatic hydroxyl groups excluding tert-OH is 1. The average molecular weight is 683 g/mol. The summed E-state index contributed by atoms with van der Waals surface area (Å²) in [5, 5.41) is 26.2. The van der Waals surface area contributed by atoms with Crippen molar-refractivity contribution in [3.8, 4) is 16.2 Å². The van der Waals surface area contributed by atoms with Gasteiger partial charge in [-0.05, 0) is 44.2 Å².